The van der Waals surface area contributed by atoms with Gasteiger partial charge in [-0.2, -0.15) is 0 Å². The van der Waals surface area contributed by atoms with Crippen LogP contribution in [-0.4, -0.2) is 52.2 Å². The van der Waals surface area contributed by atoms with E-state index in [0.29, 0.717) is 44.3 Å². The van der Waals surface area contributed by atoms with Crippen molar-refractivity contribution in [3.05, 3.63) is 29.8 Å². The van der Waals surface area contributed by atoms with Crippen LogP contribution in [0.3, 0.4) is 0 Å². The first kappa shape index (κ1) is 20.9. The van der Waals surface area contributed by atoms with Gasteiger partial charge < -0.3 is 19.8 Å². The topological polar surface area (TPSA) is 70.0 Å². The molecule has 0 spiro atoms. The van der Waals surface area contributed by atoms with Gasteiger partial charge in [-0.05, 0) is 43.4 Å². The van der Waals surface area contributed by atoms with Crippen LogP contribution in [0, 0.1) is 0 Å². The minimum atomic E-state index is -4.83. The number of piperidine rings is 1. The number of ether oxygens (including phenoxy) is 1. The highest BCUT2D eigenvalue weighted by molar-refractivity contribution is 5.85. The molecule has 1 amide bonds. The summed E-state index contributed by atoms with van der Waals surface area (Å²) in [5, 5.41) is 21.0. The highest BCUT2D eigenvalue weighted by Gasteiger charge is 2.45. The number of aliphatic hydroxyl groups excluding tert-OH is 1. The molecule has 2 N–H and O–H groups in total. The number of amides is 1. The Bertz CT molecular complexity index is 680. The van der Waals surface area contributed by atoms with Crippen molar-refractivity contribution in [3.63, 3.8) is 0 Å². The Labute approximate surface area is 162 Å². The van der Waals surface area contributed by atoms with Crippen molar-refractivity contribution in [2.75, 3.05) is 13.1 Å². The lowest BCUT2D eigenvalue weighted by molar-refractivity contribution is -0.274. The standard InChI is InChI=1S/C20H26F3NO4/c21-20(22,23)28-16-6-4-5-14(13-16)17(19(27)9-2-1-3-10-19)18(26)24-11-7-15(25)8-12-24/h4-6,13,15,17,25,27H,1-3,7-12H2/t17-/m0/s1. The molecule has 1 saturated carbocycles. The van der Waals surface area contributed by atoms with Gasteiger partial charge in [-0.3, -0.25) is 4.79 Å². The zero-order chi connectivity index (χ0) is 20.4. The molecule has 0 aromatic heterocycles. The van der Waals surface area contributed by atoms with Crippen LogP contribution in [0.25, 0.3) is 0 Å². The molecule has 1 heterocycles. The summed E-state index contributed by atoms with van der Waals surface area (Å²) in [6.45, 7) is 0.733. The Morgan fingerprint density at radius 3 is 2.43 bits per heavy atom. The van der Waals surface area contributed by atoms with Crippen molar-refractivity contribution in [3.8, 4) is 5.75 Å². The van der Waals surface area contributed by atoms with E-state index in [4.69, 9.17) is 0 Å². The number of likely N-dealkylation sites (tertiary alicyclic amines) is 1. The summed E-state index contributed by atoms with van der Waals surface area (Å²) in [7, 11) is 0. The van der Waals surface area contributed by atoms with Gasteiger partial charge in [0.2, 0.25) is 5.91 Å². The second-order valence-corrected chi connectivity index (χ2v) is 7.77. The van der Waals surface area contributed by atoms with Gasteiger partial charge in [0.25, 0.3) is 0 Å². The van der Waals surface area contributed by atoms with E-state index in [1.54, 1.807) is 11.0 Å². The minimum absolute atomic E-state index is 0.305. The maximum atomic E-state index is 13.3. The molecule has 8 heteroatoms. The van der Waals surface area contributed by atoms with Gasteiger partial charge in [0.15, 0.2) is 0 Å². The molecule has 1 atom stereocenters. The number of benzene rings is 1. The Balaban J connectivity index is 1.92. The number of hydrogen-bond acceptors (Lipinski definition) is 4. The van der Waals surface area contributed by atoms with Gasteiger partial charge in [-0.1, -0.05) is 31.4 Å². The lowest BCUT2D eigenvalue weighted by Gasteiger charge is -2.42. The minimum Gasteiger partial charge on any atom is -0.406 e. The van der Waals surface area contributed by atoms with Gasteiger partial charge in [0, 0.05) is 13.1 Å². The number of aliphatic hydroxyl groups is 2. The number of halogens is 3. The highest BCUT2D eigenvalue weighted by atomic mass is 19.4. The normalized spacial score (nSPS) is 22.0. The van der Waals surface area contributed by atoms with E-state index in [1.165, 1.54) is 18.2 Å². The third-order valence-corrected chi connectivity index (χ3v) is 5.70. The van der Waals surface area contributed by atoms with Gasteiger partial charge in [0.05, 0.1) is 17.6 Å². The molecule has 1 saturated heterocycles. The molecule has 3 rings (SSSR count). The van der Waals surface area contributed by atoms with E-state index in [-0.39, 0.29) is 5.91 Å². The predicted octanol–water partition coefficient (Wildman–Crippen LogP) is 3.35. The van der Waals surface area contributed by atoms with Gasteiger partial charge in [0.1, 0.15) is 5.75 Å². The fourth-order valence-corrected chi connectivity index (χ4v) is 4.30. The van der Waals surface area contributed by atoms with Crippen molar-refractivity contribution < 1.29 is 32.9 Å². The first-order valence-corrected chi connectivity index (χ1v) is 9.73. The van der Waals surface area contributed by atoms with Gasteiger partial charge in [-0.15, -0.1) is 13.2 Å². The number of nitrogens with zero attached hydrogens (tertiary/aromatic N) is 1. The molecular weight excluding hydrogens is 375 g/mol. The van der Waals surface area contributed by atoms with Crippen LogP contribution < -0.4 is 4.74 Å². The number of rotatable bonds is 4. The van der Waals surface area contributed by atoms with Crippen molar-refractivity contribution in [1.82, 2.24) is 4.90 Å². The molecule has 28 heavy (non-hydrogen) atoms. The van der Waals surface area contributed by atoms with Crippen molar-refractivity contribution >= 4 is 5.91 Å². The summed E-state index contributed by atoms with van der Waals surface area (Å²) in [5.41, 5.74) is -0.982. The van der Waals surface area contributed by atoms with Crippen molar-refractivity contribution in [2.24, 2.45) is 0 Å². The average Bonchev–Trinajstić information content (AvgIpc) is 2.61. The second kappa shape index (κ2) is 8.29. The molecule has 1 aliphatic heterocycles. The van der Waals surface area contributed by atoms with Crippen LogP contribution in [-0.2, 0) is 4.79 Å². The van der Waals surface area contributed by atoms with E-state index in [9.17, 15) is 28.2 Å². The third kappa shape index (κ3) is 4.97. The lowest BCUT2D eigenvalue weighted by Crippen LogP contribution is -2.50. The summed E-state index contributed by atoms with van der Waals surface area (Å²) in [5.74, 6) is -1.67. The molecule has 1 aromatic carbocycles. The van der Waals surface area contributed by atoms with E-state index in [2.05, 4.69) is 4.74 Å². The van der Waals surface area contributed by atoms with Crippen molar-refractivity contribution in [1.29, 1.82) is 0 Å². The van der Waals surface area contributed by atoms with Crippen molar-refractivity contribution in [2.45, 2.75) is 68.9 Å². The Morgan fingerprint density at radius 2 is 1.82 bits per heavy atom. The van der Waals surface area contributed by atoms with E-state index in [0.717, 1.165) is 19.3 Å². The lowest BCUT2D eigenvalue weighted by atomic mass is 9.72. The zero-order valence-corrected chi connectivity index (χ0v) is 15.6. The van der Waals surface area contributed by atoms with Gasteiger partial charge in [-0.25, -0.2) is 0 Å². The summed E-state index contributed by atoms with van der Waals surface area (Å²) >= 11 is 0. The molecule has 0 unspecified atom stereocenters. The van der Waals surface area contributed by atoms with Crippen LogP contribution in [0.1, 0.15) is 56.4 Å². The zero-order valence-electron chi connectivity index (χ0n) is 15.6. The monoisotopic (exact) mass is 401 g/mol. The van der Waals surface area contributed by atoms with Crippen LogP contribution >= 0.6 is 0 Å². The summed E-state index contributed by atoms with van der Waals surface area (Å²) in [6, 6.07) is 5.35. The van der Waals surface area contributed by atoms with E-state index >= 15 is 0 Å². The third-order valence-electron chi connectivity index (χ3n) is 5.70. The second-order valence-electron chi connectivity index (χ2n) is 7.77. The molecule has 2 fully saturated rings. The summed E-state index contributed by atoms with van der Waals surface area (Å²) < 4.78 is 41.9. The largest absolute Gasteiger partial charge is 0.573 e. The summed E-state index contributed by atoms with van der Waals surface area (Å²) in [6.07, 6.45) is -1.06. The molecular formula is C20H26F3NO4. The van der Waals surface area contributed by atoms with Crippen LogP contribution in [0.15, 0.2) is 24.3 Å². The smallest absolute Gasteiger partial charge is 0.406 e. The fourth-order valence-electron chi connectivity index (χ4n) is 4.30. The van der Waals surface area contributed by atoms with E-state index in [1.807, 2.05) is 0 Å². The number of hydrogen-bond donors (Lipinski definition) is 2. The molecule has 0 bridgehead atoms. The Morgan fingerprint density at radius 1 is 1.18 bits per heavy atom. The number of alkyl halides is 3. The fraction of sp³-hybridized carbons (Fsp3) is 0.650. The Hall–Kier alpha value is -1.80. The maximum absolute atomic E-state index is 13.3. The predicted molar refractivity (Wildman–Crippen MR) is 95.7 cm³/mol. The molecule has 2 aliphatic rings. The number of carbonyl (C=O) groups is 1. The van der Waals surface area contributed by atoms with E-state index < -0.39 is 29.7 Å². The first-order chi connectivity index (χ1) is 13.2. The highest BCUT2D eigenvalue weighted by Crippen LogP contribution is 2.42. The molecule has 0 radical (unpaired) electrons. The maximum Gasteiger partial charge on any atom is 0.573 e. The van der Waals surface area contributed by atoms with Crippen LogP contribution in [0.5, 0.6) is 5.75 Å². The van der Waals surface area contributed by atoms with Gasteiger partial charge >= 0.3 is 6.36 Å². The van der Waals surface area contributed by atoms with Crippen LogP contribution in [0.4, 0.5) is 13.2 Å². The molecule has 1 aliphatic carbocycles. The molecule has 1 aromatic rings. The first-order valence-electron chi connectivity index (χ1n) is 9.73. The Kier molecular flexibility index (Phi) is 6.19. The quantitative estimate of drug-likeness (QED) is 0.812. The molecule has 5 nitrogen and oxygen atoms in total. The SMILES string of the molecule is O=C([C@H](c1cccc(OC(F)(F)F)c1)C1(O)CCCCC1)N1CCC(O)CC1. The summed E-state index contributed by atoms with van der Waals surface area (Å²) in [4.78, 5) is 14.9. The number of carbonyl (C=O) groups excluding carboxylic acids is 1. The van der Waals surface area contributed by atoms with Crippen LogP contribution in [0.2, 0.25) is 0 Å². The molecule has 156 valence electrons. The average molecular weight is 401 g/mol.